The van der Waals surface area contributed by atoms with Crippen molar-refractivity contribution in [2.24, 2.45) is 0 Å². The summed E-state index contributed by atoms with van der Waals surface area (Å²) in [6.07, 6.45) is 1.74. The van der Waals surface area contributed by atoms with Gasteiger partial charge in [-0.25, -0.2) is 0 Å². The van der Waals surface area contributed by atoms with E-state index in [0.29, 0.717) is 0 Å². The van der Waals surface area contributed by atoms with Crippen LogP contribution in [0.15, 0.2) is 25.3 Å². The molecule has 1 saturated heterocycles. The van der Waals surface area contributed by atoms with Gasteiger partial charge in [0, 0.05) is 20.3 Å². The standard InChI is InChI=1S/C14H19NO5/c1-5-7-13(18)15-8-12(19-9(3)16)14(11(15)6-2)20-10(4)17/h5-6,11-12,14H,1-2,7-8H2,3-4H3/t11-,12-,14-/m0/s1. The fourth-order valence-corrected chi connectivity index (χ4v) is 2.24. The predicted octanol–water partition coefficient (Wildman–Crippen LogP) is 0.823. The Balaban J connectivity index is 2.97. The van der Waals surface area contributed by atoms with E-state index in [2.05, 4.69) is 13.2 Å². The van der Waals surface area contributed by atoms with Gasteiger partial charge in [-0.1, -0.05) is 12.2 Å². The smallest absolute Gasteiger partial charge is 0.303 e. The third-order valence-corrected chi connectivity index (χ3v) is 2.94. The van der Waals surface area contributed by atoms with Crippen molar-refractivity contribution in [2.75, 3.05) is 6.54 Å². The summed E-state index contributed by atoms with van der Waals surface area (Å²) in [6, 6.07) is -0.518. The number of ether oxygens (including phenoxy) is 2. The molecule has 0 radical (unpaired) electrons. The Hall–Kier alpha value is -2.11. The lowest BCUT2D eigenvalue weighted by molar-refractivity contribution is -0.161. The summed E-state index contributed by atoms with van der Waals surface area (Å²) in [6.45, 7) is 9.87. The molecule has 20 heavy (non-hydrogen) atoms. The van der Waals surface area contributed by atoms with E-state index >= 15 is 0 Å². The highest BCUT2D eigenvalue weighted by Gasteiger charge is 2.46. The first-order valence-electron chi connectivity index (χ1n) is 6.28. The van der Waals surface area contributed by atoms with Gasteiger partial charge >= 0.3 is 11.9 Å². The summed E-state index contributed by atoms with van der Waals surface area (Å²) in [5, 5.41) is 0. The molecule has 6 nitrogen and oxygen atoms in total. The van der Waals surface area contributed by atoms with Crippen LogP contribution in [0.4, 0.5) is 0 Å². The zero-order chi connectivity index (χ0) is 15.3. The van der Waals surface area contributed by atoms with E-state index in [1.807, 2.05) is 0 Å². The Labute approximate surface area is 118 Å². The largest absolute Gasteiger partial charge is 0.457 e. The van der Waals surface area contributed by atoms with Crippen molar-refractivity contribution in [3.05, 3.63) is 25.3 Å². The first kappa shape index (κ1) is 15.9. The second kappa shape index (κ2) is 6.88. The van der Waals surface area contributed by atoms with Gasteiger partial charge in [-0.15, -0.1) is 13.2 Å². The van der Waals surface area contributed by atoms with E-state index in [4.69, 9.17) is 9.47 Å². The number of rotatable bonds is 5. The van der Waals surface area contributed by atoms with Crippen LogP contribution in [0.25, 0.3) is 0 Å². The Morgan fingerprint density at radius 3 is 2.25 bits per heavy atom. The molecule has 110 valence electrons. The highest BCUT2D eigenvalue weighted by molar-refractivity contribution is 5.79. The van der Waals surface area contributed by atoms with E-state index in [-0.39, 0.29) is 18.9 Å². The molecule has 0 aliphatic carbocycles. The fraction of sp³-hybridized carbons (Fsp3) is 0.500. The molecule has 3 atom stereocenters. The minimum absolute atomic E-state index is 0.157. The van der Waals surface area contributed by atoms with Gasteiger partial charge in [-0.05, 0) is 0 Å². The molecule has 1 rings (SSSR count). The molecule has 0 aromatic carbocycles. The summed E-state index contributed by atoms with van der Waals surface area (Å²) >= 11 is 0. The maximum Gasteiger partial charge on any atom is 0.303 e. The Morgan fingerprint density at radius 1 is 1.20 bits per heavy atom. The SMILES string of the molecule is C=CCC(=O)N1C[C@H](OC(C)=O)[C@@H](OC(C)=O)[C@@H]1C=C. The van der Waals surface area contributed by atoms with Crippen LogP contribution in [0.1, 0.15) is 20.3 Å². The van der Waals surface area contributed by atoms with Crippen LogP contribution < -0.4 is 0 Å². The molecule has 0 spiro atoms. The predicted molar refractivity (Wildman–Crippen MR) is 71.6 cm³/mol. The summed E-state index contributed by atoms with van der Waals surface area (Å²) in [5.41, 5.74) is 0. The minimum Gasteiger partial charge on any atom is -0.457 e. The second-order valence-electron chi connectivity index (χ2n) is 4.49. The van der Waals surface area contributed by atoms with Crippen molar-refractivity contribution in [1.82, 2.24) is 4.90 Å². The molecule has 0 unspecified atom stereocenters. The van der Waals surface area contributed by atoms with E-state index in [1.54, 1.807) is 0 Å². The maximum absolute atomic E-state index is 12.0. The Morgan fingerprint density at radius 2 is 1.80 bits per heavy atom. The Kier molecular flexibility index (Phi) is 5.49. The third-order valence-electron chi connectivity index (χ3n) is 2.94. The van der Waals surface area contributed by atoms with E-state index in [9.17, 15) is 14.4 Å². The minimum atomic E-state index is -0.734. The molecule has 1 aliphatic rings. The van der Waals surface area contributed by atoms with Gasteiger partial charge in [0.15, 0.2) is 12.2 Å². The molecule has 0 aromatic heterocycles. The van der Waals surface area contributed by atoms with Crippen molar-refractivity contribution in [3.8, 4) is 0 Å². The van der Waals surface area contributed by atoms with Crippen LogP contribution >= 0.6 is 0 Å². The molecule has 0 N–H and O–H groups in total. The van der Waals surface area contributed by atoms with Crippen molar-refractivity contribution in [2.45, 2.75) is 38.5 Å². The van der Waals surface area contributed by atoms with Crippen LogP contribution in [-0.4, -0.2) is 47.5 Å². The molecule has 0 aromatic rings. The normalized spacial score (nSPS) is 24.9. The number of amides is 1. The first-order chi connectivity index (χ1) is 9.40. The van der Waals surface area contributed by atoms with E-state index in [0.717, 1.165) is 0 Å². The number of esters is 2. The number of carbonyl (C=O) groups excluding carboxylic acids is 3. The molecular weight excluding hydrogens is 262 g/mol. The average Bonchev–Trinajstić information content (AvgIpc) is 2.66. The van der Waals surface area contributed by atoms with Crippen LogP contribution in [-0.2, 0) is 23.9 Å². The third kappa shape index (κ3) is 3.69. The number of likely N-dealkylation sites (tertiary alicyclic amines) is 1. The molecule has 0 bridgehead atoms. The number of hydrogen-bond donors (Lipinski definition) is 0. The summed E-state index contributed by atoms with van der Waals surface area (Å²) in [7, 11) is 0. The quantitative estimate of drug-likeness (QED) is 0.551. The Bertz CT molecular complexity index is 431. The van der Waals surface area contributed by atoms with Crippen LogP contribution in [0, 0.1) is 0 Å². The van der Waals surface area contributed by atoms with Crippen LogP contribution in [0.5, 0.6) is 0 Å². The van der Waals surface area contributed by atoms with Gasteiger partial charge in [-0.2, -0.15) is 0 Å². The van der Waals surface area contributed by atoms with Gasteiger partial charge in [-0.3, -0.25) is 14.4 Å². The van der Waals surface area contributed by atoms with E-state index < -0.39 is 30.2 Å². The first-order valence-corrected chi connectivity index (χ1v) is 6.28. The summed E-state index contributed by atoms with van der Waals surface area (Å²) in [4.78, 5) is 35.8. The van der Waals surface area contributed by atoms with Crippen LogP contribution in [0.3, 0.4) is 0 Å². The molecule has 1 fully saturated rings. The molecule has 1 amide bonds. The molecular formula is C14H19NO5. The molecule has 0 saturated carbocycles. The zero-order valence-corrected chi connectivity index (χ0v) is 11.7. The highest BCUT2D eigenvalue weighted by atomic mass is 16.6. The highest BCUT2D eigenvalue weighted by Crippen LogP contribution is 2.26. The number of nitrogens with zero attached hydrogens (tertiary/aromatic N) is 1. The van der Waals surface area contributed by atoms with Crippen LogP contribution in [0.2, 0.25) is 0 Å². The van der Waals surface area contributed by atoms with Crippen molar-refractivity contribution in [3.63, 3.8) is 0 Å². The van der Waals surface area contributed by atoms with Gasteiger partial charge in [0.1, 0.15) is 0 Å². The van der Waals surface area contributed by atoms with Gasteiger partial charge < -0.3 is 14.4 Å². The van der Waals surface area contributed by atoms with E-state index in [1.165, 1.54) is 30.9 Å². The van der Waals surface area contributed by atoms with Crippen molar-refractivity contribution >= 4 is 17.8 Å². The molecule has 1 heterocycles. The lowest BCUT2D eigenvalue weighted by atomic mass is 10.1. The monoisotopic (exact) mass is 281 g/mol. The van der Waals surface area contributed by atoms with Gasteiger partial charge in [0.2, 0.25) is 5.91 Å². The maximum atomic E-state index is 12.0. The lowest BCUT2D eigenvalue weighted by Gasteiger charge is -2.24. The van der Waals surface area contributed by atoms with Crippen molar-refractivity contribution in [1.29, 1.82) is 0 Å². The zero-order valence-electron chi connectivity index (χ0n) is 11.7. The second-order valence-corrected chi connectivity index (χ2v) is 4.49. The van der Waals surface area contributed by atoms with Gasteiger partial charge in [0.05, 0.1) is 12.6 Å². The lowest BCUT2D eigenvalue weighted by Crippen LogP contribution is -2.40. The molecule has 1 aliphatic heterocycles. The number of hydrogen-bond acceptors (Lipinski definition) is 5. The van der Waals surface area contributed by atoms with Crippen molar-refractivity contribution < 1.29 is 23.9 Å². The summed E-state index contributed by atoms with van der Waals surface area (Å²) < 4.78 is 10.3. The average molecular weight is 281 g/mol. The summed E-state index contributed by atoms with van der Waals surface area (Å²) in [5.74, 6) is -1.18. The molecule has 6 heteroatoms. The number of carbonyl (C=O) groups is 3. The fourth-order valence-electron chi connectivity index (χ4n) is 2.24. The van der Waals surface area contributed by atoms with Gasteiger partial charge in [0.25, 0.3) is 0 Å². The topological polar surface area (TPSA) is 72.9 Å².